The van der Waals surface area contributed by atoms with Gasteiger partial charge in [0.2, 0.25) is 0 Å². The maximum Gasteiger partial charge on any atom is 0.320 e. The predicted octanol–water partition coefficient (Wildman–Crippen LogP) is 1.63. The normalized spacial score (nSPS) is 14.5. The largest absolute Gasteiger partial charge is 0.480 e. The maximum absolute atomic E-state index is 12.6. The van der Waals surface area contributed by atoms with Gasteiger partial charge in [0.25, 0.3) is 0 Å². The molecule has 0 aromatic heterocycles. The number of carboxylic acids is 1. The summed E-state index contributed by atoms with van der Waals surface area (Å²) in [7, 11) is -3.56. The number of nitrogen functional groups attached to an aromatic ring is 1. The van der Waals surface area contributed by atoms with Crippen LogP contribution in [-0.2, 0) is 14.6 Å². The van der Waals surface area contributed by atoms with Crippen LogP contribution in [0, 0.1) is 5.92 Å². The highest BCUT2D eigenvalue weighted by molar-refractivity contribution is 7.91. The third-order valence-electron chi connectivity index (χ3n) is 3.99. The van der Waals surface area contributed by atoms with Crippen LogP contribution in [0.15, 0.2) is 41.3 Å². The van der Waals surface area contributed by atoms with Crippen LogP contribution >= 0.6 is 0 Å². The first kappa shape index (κ1) is 17.2. The van der Waals surface area contributed by atoms with Gasteiger partial charge in [0.15, 0.2) is 9.84 Å². The van der Waals surface area contributed by atoms with Crippen LogP contribution in [-0.4, -0.2) is 31.3 Å². The van der Waals surface area contributed by atoms with Gasteiger partial charge in [0.1, 0.15) is 6.04 Å². The number of fused-ring (bicyclic) bond motifs is 1. The van der Waals surface area contributed by atoms with Crippen molar-refractivity contribution in [1.82, 2.24) is 0 Å². The van der Waals surface area contributed by atoms with E-state index in [0.29, 0.717) is 16.5 Å². The highest BCUT2D eigenvalue weighted by atomic mass is 32.2. The average molecular weight is 336 g/mol. The molecule has 2 aromatic carbocycles. The average Bonchev–Trinajstić information content (AvgIpc) is 2.52. The fourth-order valence-corrected chi connectivity index (χ4v) is 4.13. The fraction of sp³-hybridized carbons (Fsp3) is 0.312. The molecule has 5 N–H and O–H groups in total. The van der Waals surface area contributed by atoms with E-state index in [9.17, 15) is 13.2 Å². The molecule has 0 radical (unpaired) electrons. The number of benzene rings is 2. The van der Waals surface area contributed by atoms with Gasteiger partial charge in [-0.1, -0.05) is 31.2 Å². The maximum atomic E-state index is 12.6. The molecule has 0 aliphatic carbocycles. The van der Waals surface area contributed by atoms with Gasteiger partial charge >= 0.3 is 5.97 Å². The molecule has 0 spiro atoms. The summed E-state index contributed by atoms with van der Waals surface area (Å²) in [5, 5.41) is 10.1. The summed E-state index contributed by atoms with van der Waals surface area (Å²) in [5.41, 5.74) is 11.9. The summed E-state index contributed by atoms with van der Waals surface area (Å²) in [6, 6.07) is 9.02. The molecule has 0 fully saturated rings. The fourth-order valence-electron chi connectivity index (χ4n) is 2.44. The van der Waals surface area contributed by atoms with E-state index in [0.717, 1.165) is 0 Å². The molecule has 0 unspecified atom stereocenters. The quantitative estimate of drug-likeness (QED) is 0.689. The molecule has 0 saturated heterocycles. The Morgan fingerprint density at radius 1 is 1.17 bits per heavy atom. The first-order valence-electron chi connectivity index (χ1n) is 7.22. The molecule has 0 bridgehead atoms. The molecular weight excluding hydrogens is 316 g/mol. The molecule has 7 heteroatoms. The second-order valence-corrected chi connectivity index (χ2v) is 7.72. The number of nitrogens with two attached hydrogens (primary N) is 2. The van der Waals surface area contributed by atoms with Crippen molar-refractivity contribution in [3.63, 3.8) is 0 Å². The highest BCUT2D eigenvalue weighted by Crippen LogP contribution is 2.29. The molecule has 2 atom stereocenters. The number of rotatable bonds is 6. The molecule has 0 amide bonds. The van der Waals surface area contributed by atoms with Crippen LogP contribution in [0.25, 0.3) is 10.8 Å². The number of sulfone groups is 1. The van der Waals surface area contributed by atoms with Gasteiger partial charge in [0.05, 0.1) is 10.6 Å². The molecule has 0 aliphatic rings. The first-order valence-corrected chi connectivity index (χ1v) is 8.87. The van der Waals surface area contributed by atoms with E-state index in [1.54, 1.807) is 37.3 Å². The van der Waals surface area contributed by atoms with Gasteiger partial charge < -0.3 is 16.6 Å². The zero-order chi connectivity index (χ0) is 17.2. The van der Waals surface area contributed by atoms with Gasteiger partial charge in [-0.05, 0) is 24.5 Å². The highest BCUT2D eigenvalue weighted by Gasteiger charge is 2.24. The number of hydrogen-bond acceptors (Lipinski definition) is 5. The van der Waals surface area contributed by atoms with Crippen molar-refractivity contribution in [3.8, 4) is 0 Å². The molecule has 2 aromatic rings. The van der Waals surface area contributed by atoms with Gasteiger partial charge in [0, 0.05) is 16.5 Å². The Bertz CT molecular complexity index is 833. The van der Waals surface area contributed by atoms with Crippen LogP contribution in [0.4, 0.5) is 5.69 Å². The predicted molar refractivity (Wildman–Crippen MR) is 89.8 cm³/mol. The molecule has 0 aliphatic heterocycles. The topological polar surface area (TPSA) is 123 Å². The van der Waals surface area contributed by atoms with Crippen LogP contribution < -0.4 is 11.5 Å². The van der Waals surface area contributed by atoms with E-state index in [4.69, 9.17) is 16.6 Å². The van der Waals surface area contributed by atoms with E-state index >= 15 is 0 Å². The Morgan fingerprint density at radius 2 is 1.78 bits per heavy atom. The van der Waals surface area contributed by atoms with Crippen molar-refractivity contribution in [3.05, 3.63) is 36.4 Å². The number of anilines is 1. The lowest BCUT2D eigenvalue weighted by Crippen LogP contribution is -2.37. The minimum atomic E-state index is -3.56. The third kappa shape index (κ3) is 3.62. The Hall–Kier alpha value is -2.12. The number of carbonyl (C=O) groups is 1. The van der Waals surface area contributed by atoms with Crippen molar-refractivity contribution in [2.75, 3.05) is 11.5 Å². The number of aliphatic carboxylic acids is 1. The lowest BCUT2D eigenvalue weighted by atomic mass is 10.0. The van der Waals surface area contributed by atoms with Crippen molar-refractivity contribution in [2.24, 2.45) is 11.7 Å². The zero-order valence-electron chi connectivity index (χ0n) is 12.8. The molecule has 124 valence electrons. The second kappa shape index (κ2) is 6.55. The Balaban J connectivity index is 2.31. The van der Waals surface area contributed by atoms with Crippen molar-refractivity contribution in [1.29, 1.82) is 0 Å². The summed E-state index contributed by atoms with van der Waals surface area (Å²) < 4.78 is 25.3. The minimum Gasteiger partial charge on any atom is -0.480 e. The first-order chi connectivity index (χ1) is 10.7. The van der Waals surface area contributed by atoms with Gasteiger partial charge in [-0.25, -0.2) is 8.42 Å². The molecular formula is C16H20N2O4S. The van der Waals surface area contributed by atoms with Crippen LogP contribution in [0.2, 0.25) is 0 Å². The lowest BCUT2D eigenvalue weighted by Gasteiger charge is -2.16. The monoisotopic (exact) mass is 336 g/mol. The molecule has 2 rings (SSSR count). The Kier molecular flexibility index (Phi) is 4.91. The summed E-state index contributed by atoms with van der Waals surface area (Å²) >= 11 is 0. The van der Waals surface area contributed by atoms with Gasteiger partial charge in [-0.15, -0.1) is 0 Å². The van der Waals surface area contributed by atoms with Gasteiger partial charge in [-0.2, -0.15) is 0 Å². The molecule has 23 heavy (non-hydrogen) atoms. The Labute approximate surface area is 135 Å². The van der Waals surface area contributed by atoms with Crippen molar-refractivity contribution < 1.29 is 18.3 Å². The van der Waals surface area contributed by atoms with E-state index in [2.05, 4.69) is 0 Å². The van der Waals surface area contributed by atoms with E-state index in [-0.39, 0.29) is 17.1 Å². The lowest BCUT2D eigenvalue weighted by molar-refractivity contribution is -0.139. The summed E-state index contributed by atoms with van der Waals surface area (Å²) in [6.45, 7) is 1.63. The SMILES string of the molecule is C[C@@H](CCS(=O)(=O)c1ccc(N)c2ccccc12)[C@H](N)C(=O)O. The molecule has 6 nitrogen and oxygen atoms in total. The van der Waals surface area contributed by atoms with Crippen LogP contribution in [0.1, 0.15) is 13.3 Å². The third-order valence-corrected chi connectivity index (χ3v) is 5.79. The standard InChI is InChI=1S/C16H20N2O4S/c1-10(15(18)16(19)20)8-9-23(21,22)14-7-6-13(17)11-4-2-3-5-12(11)14/h2-7,10,15H,8-9,17-18H2,1H3,(H,19,20)/t10-,15-/m0/s1. The molecule has 0 saturated carbocycles. The summed E-state index contributed by atoms with van der Waals surface area (Å²) in [6.07, 6.45) is 0.175. The zero-order valence-corrected chi connectivity index (χ0v) is 13.6. The van der Waals surface area contributed by atoms with Gasteiger partial charge in [-0.3, -0.25) is 4.79 Å². The van der Waals surface area contributed by atoms with E-state index < -0.39 is 27.8 Å². The van der Waals surface area contributed by atoms with Crippen molar-refractivity contribution in [2.45, 2.75) is 24.3 Å². The summed E-state index contributed by atoms with van der Waals surface area (Å²) in [5.74, 6) is -1.74. The van der Waals surface area contributed by atoms with E-state index in [1.165, 1.54) is 6.07 Å². The van der Waals surface area contributed by atoms with Crippen LogP contribution in [0.5, 0.6) is 0 Å². The second-order valence-electron chi connectivity index (χ2n) is 5.65. The summed E-state index contributed by atoms with van der Waals surface area (Å²) in [4.78, 5) is 11.1. The van der Waals surface area contributed by atoms with Crippen molar-refractivity contribution >= 4 is 32.3 Å². The number of carboxylic acid groups (broad SMARTS) is 1. The number of hydrogen-bond donors (Lipinski definition) is 3. The van der Waals surface area contributed by atoms with Crippen LogP contribution in [0.3, 0.4) is 0 Å². The minimum absolute atomic E-state index is 0.164. The van der Waals surface area contributed by atoms with E-state index in [1.807, 2.05) is 0 Å². The smallest absolute Gasteiger partial charge is 0.320 e. The molecule has 0 heterocycles. The Morgan fingerprint density at radius 3 is 2.39 bits per heavy atom.